The molecule has 0 saturated carbocycles. The molecule has 2 aliphatic carbocycles. The minimum Gasteiger partial charge on any atom is -1.00 e. The molecule has 3 heteroatoms. The van der Waals surface area contributed by atoms with Crippen LogP contribution in [0.2, 0.25) is 0 Å². The van der Waals surface area contributed by atoms with Gasteiger partial charge < -0.3 is 10.9 Å². The summed E-state index contributed by atoms with van der Waals surface area (Å²) in [5, 5.41) is 0. The van der Waals surface area contributed by atoms with Crippen molar-refractivity contribution in [1.82, 2.24) is 0 Å². The second-order valence-electron chi connectivity index (χ2n) is 11.0. The Kier molecular flexibility index (Phi) is 81.6. The first-order valence-corrected chi connectivity index (χ1v) is 19.8. The van der Waals surface area contributed by atoms with Crippen LogP contribution in [-0.2, 0) is 25.7 Å². The van der Waals surface area contributed by atoms with Gasteiger partial charge in [-0.05, 0) is 98.6 Å². The topological polar surface area (TPSA) is 18.5 Å². The van der Waals surface area contributed by atoms with E-state index in [0.717, 1.165) is 50.4 Å². The van der Waals surface area contributed by atoms with E-state index in [1.807, 2.05) is 55.4 Å². The van der Waals surface area contributed by atoms with E-state index in [-0.39, 0.29) is 105 Å². The van der Waals surface area contributed by atoms with Crippen LogP contribution in [0.3, 0.4) is 0 Å². The molecule has 0 heterocycles. The smallest absolute Gasteiger partial charge is 1.00 e. The molecular weight excluding hydrogens is 672 g/mol. The first kappa shape index (κ1) is 77.2. The zero-order valence-electron chi connectivity index (χ0n) is 34.6. The number of aryl methyl sites for hydroxylation is 2. The van der Waals surface area contributed by atoms with Crippen molar-refractivity contribution in [3.05, 3.63) is 46.5 Å². The third-order valence-electron chi connectivity index (χ3n) is 7.96. The molecule has 2 aromatic rings. The van der Waals surface area contributed by atoms with E-state index in [0.29, 0.717) is 0 Å². The van der Waals surface area contributed by atoms with Gasteiger partial charge in [0.15, 0.2) is 0 Å². The van der Waals surface area contributed by atoms with Gasteiger partial charge in [0.25, 0.3) is 0 Å². The Balaban J connectivity index is -0.0000000836. The van der Waals surface area contributed by atoms with E-state index in [1.54, 1.807) is 0 Å². The summed E-state index contributed by atoms with van der Waals surface area (Å²) in [6, 6.07) is 9.19. The third kappa shape index (κ3) is 29.6. The van der Waals surface area contributed by atoms with Crippen molar-refractivity contribution in [3.63, 3.8) is 0 Å². The maximum atomic E-state index is 6.49. The van der Waals surface area contributed by atoms with Crippen LogP contribution in [0.25, 0.3) is 11.1 Å². The van der Waals surface area contributed by atoms with Crippen molar-refractivity contribution < 1.29 is 62.3 Å². The fraction of sp³-hybridized carbons (Fsp3) is 0.760. The van der Waals surface area contributed by atoms with Gasteiger partial charge >= 0.3 is 51.4 Å². The molecule has 2 aromatic carbocycles. The summed E-state index contributed by atoms with van der Waals surface area (Å²) in [5.41, 5.74) is 8.84. The van der Waals surface area contributed by atoms with Crippen molar-refractivity contribution in [1.29, 1.82) is 0 Å². The number of hydrogen-bond acceptors (Lipinski definition) is 2. The standard InChI is InChI=1S/C30H42O2.C5H12.4C2H6.7CH4.K.H/c1-3-5-11-21-31-27-19-17-23-13-7-9-15-25(23)29(27)30-26-16-10-8-14-24(26)18-20-28(30)32-22-12-6-4-2;1-3-5-4-2;4*1-2;;;;;;;;;/h17-20H,3-16,21-22H2,1-2H3;3-5H2,1-2H3;4*1-2H3;7*1H4;;/q;;;;;;;;;;;;;+1;-1. The Labute approximate surface area is 385 Å². The molecule has 0 spiro atoms. The Morgan fingerprint density at radius 3 is 0.962 bits per heavy atom. The van der Waals surface area contributed by atoms with Gasteiger partial charge in [0, 0.05) is 11.1 Å². The Morgan fingerprint density at radius 2 is 0.698 bits per heavy atom. The molecular formula is C50H107KO2. The molecule has 0 aliphatic heterocycles. The molecule has 0 radical (unpaired) electrons. The van der Waals surface area contributed by atoms with Gasteiger partial charge in [-0.25, -0.2) is 0 Å². The zero-order chi connectivity index (χ0) is 34.3. The number of benzene rings is 2. The van der Waals surface area contributed by atoms with Crippen molar-refractivity contribution >= 4 is 0 Å². The monoisotopic (exact) mass is 779 g/mol. The van der Waals surface area contributed by atoms with Gasteiger partial charge in [-0.15, -0.1) is 0 Å². The predicted octanol–water partition coefficient (Wildman–Crippen LogP) is 16.1. The zero-order valence-corrected chi connectivity index (χ0v) is 36.7. The average molecular weight is 780 g/mol. The SMILES string of the molecule is C.C.C.C.C.C.C.CC.CC.CC.CC.CCCCC.CCCCCOc1ccc2c(c1-c1c(OCCCCC)ccc3c1CCCC3)CCCC2.[H-].[K+]. The molecule has 2 nitrogen and oxygen atoms in total. The number of ether oxygens (including phenoxy) is 2. The summed E-state index contributed by atoms with van der Waals surface area (Å²) < 4.78 is 13.0. The summed E-state index contributed by atoms with van der Waals surface area (Å²) in [6.45, 7) is 26.5. The van der Waals surface area contributed by atoms with Crippen LogP contribution in [0, 0.1) is 0 Å². The van der Waals surface area contributed by atoms with Gasteiger partial charge in [-0.2, -0.15) is 0 Å². The van der Waals surface area contributed by atoms with Crippen LogP contribution in [0.5, 0.6) is 11.5 Å². The van der Waals surface area contributed by atoms with Gasteiger partial charge in [0.05, 0.1) is 13.2 Å². The maximum absolute atomic E-state index is 6.49. The van der Waals surface area contributed by atoms with E-state index < -0.39 is 0 Å². The molecule has 2 aliphatic rings. The largest absolute Gasteiger partial charge is 1.00 e. The molecule has 0 atom stereocenters. The maximum Gasteiger partial charge on any atom is 1.00 e. The Hall–Kier alpha value is -0.324. The quantitative estimate of drug-likeness (QED) is 0.149. The number of unbranched alkanes of at least 4 members (excludes halogenated alkanes) is 6. The third-order valence-corrected chi connectivity index (χ3v) is 7.96. The van der Waals surface area contributed by atoms with Crippen LogP contribution in [0.1, 0.15) is 242 Å². The summed E-state index contributed by atoms with van der Waals surface area (Å²) in [6.07, 6.45) is 21.1. The second-order valence-corrected chi connectivity index (χ2v) is 11.0. The normalized spacial score (nSPS) is 10.4. The van der Waals surface area contributed by atoms with E-state index >= 15 is 0 Å². The molecule has 0 bridgehead atoms. The minimum atomic E-state index is 0. The number of rotatable bonds is 13. The van der Waals surface area contributed by atoms with Crippen LogP contribution < -0.4 is 60.9 Å². The fourth-order valence-corrected chi connectivity index (χ4v) is 5.82. The average Bonchev–Trinajstić information content (AvgIpc) is 3.12. The first-order chi connectivity index (χ1) is 22.2. The Morgan fingerprint density at radius 1 is 0.415 bits per heavy atom. The Bertz CT molecular complexity index is 869. The van der Waals surface area contributed by atoms with Gasteiger partial charge in [0.2, 0.25) is 0 Å². The summed E-state index contributed by atoms with van der Waals surface area (Å²) in [7, 11) is 0. The summed E-state index contributed by atoms with van der Waals surface area (Å²) in [4.78, 5) is 0. The van der Waals surface area contributed by atoms with Crippen LogP contribution in [0.4, 0.5) is 0 Å². The molecule has 0 saturated heterocycles. The van der Waals surface area contributed by atoms with Gasteiger partial charge in [0.1, 0.15) is 11.5 Å². The van der Waals surface area contributed by atoms with E-state index in [4.69, 9.17) is 9.47 Å². The molecule has 53 heavy (non-hydrogen) atoms. The van der Waals surface area contributed by atoms with Gasteiger partial charge in [-0.3, -0.25) is 0 Å². The van der Waals surface area contributed by atoms with Gasteiger partial charge in [-0.1, -0.05) is 192 Å². The molecule has 4 rings (SSSR count). The molecule has 0 unspecified atom stereocenters. The van der Waals surface area contributed by atoms with Crippen molar-refractivity contribution in [2.45, 2.75) is 244 Å². The molecule has 320 valence electrons. The fourth-order valence-electron chi connectivity index (χ4n) is 5.82. The second kappa shape index (κ2) is 56.0. The van der Waals surface area contributed by atoms with Crippen molar-refractivity contribution in [3.8, 4) is 22.6 Å². The predicted molar refractivity (Wildman–Crippen MR) is 254 cm³/mol. The van der Waals surface area contributed by atoms with Crippen LogP contribution >= 0.6 is 0 Å². The molecule has 0 aromatic heterocycles. The summed E-state index contributed by atoms with van der Waals surface area (Å²) in [5.74, 6) is 2.17. The molecule has 0 N–H and O–H groups in total. The van der Waals surface area contributed by atoms with Crippen molar-refractivity contribution in [2.75, 3.05) is 13.2 Å². The number of hydrogen-bond donors (Lipinski definition) is 0. The van der Waals surface area contributed by atoms with Crippen LogP contribution in [0.15, 0.2) is 24.3 Å². The van der Waals surface area contributed by atoms with E-state index in [9.17, 15) is 0 Å². The minimum absolute atomic E-state index is 0. The first-order valence-electron chi connectivity index (χ1n) is 19.8. The number of fused-ring (bicyclic) bond motifs is 2. The molecule has 0 fully saturated rings. The van der Waals surface area contributed by atoms with Crippen molar-refractivity contribution in [2.24, 2.45) is 0 Å². The molecule has 0 amide bonds. The van der Waals surface area contributed by atoms with E-state index in [1.165, 1.54) is 117 Å². The van der Waals surface area contributed by atoms with E-state index in [2.05, 4.69) is 52.0 Å². The summed E-state index contributed by atoms with van der Waals surface area (Å²) >= 11 is 0. The van der Waals surface area contributed by atoms with Crippen LogP contribution in [-0.4, -0.2) is 13.2 Å².